The van der Waals surface area contributed by atoms with Crippen molar-refractivity contribution in [1.82, 2.24) is 0 Å². The normalized spacial score (nSPS) is 30.4. The van der Waals surface area contributed by atoms with E-state index in [-0.39, 0.29) is 17.2 Å². The van der Waals surface area contributed by atoms with Crippen LogP contribution in [0.1, 0.15) is 72.8 Å². The van der Waals surface area contributed by atoms with Crippen molar-refractivity contribution in [2.75, 3.05) is 6.61 Å². The summed E-state index contributed by atoms with van der Waals surface area (Å²) >= 11 is 1.64. The van der Waals surface area contributed by atoms with Gasteiger partial charge in [-0.05, 0) is 61.2 Å². The lowest BCUT2D eigenvalue weighted by atomic mass is 9.44. The van der Waals surface area contributed by atoms with Gasteiger partial charge in [0.15, 0.2) is 5.69 Å². The standard InChI is InChI=1S/C27H34NO3S/c1-19-24(32-18-28(19)16-23(29)22-6-4-3-5-7-22)8-9-31-25(30)15-27-13-20-10-21(14-27)12-26(2,11-20)17-27/h3-7,18,20-21H,8-17H2,1-2H3/q+1/t20-,21+,26?,27?. The zero-order valence-corrected chi connectivity index (χ0v) is 20.1. The van der Waals surface area contributed by atoms with E-state index in [9.17, 15) is 9.59 Å². The predicted molar refractivity (Wildman–Crippen MR) is 125 cm³/mol. The summed E-state index contributed by atoms with van der Waals surface area (Å²) in [5.74, 6) is 1.75. The van der Waals surface area contributed by atoms with E-state index in [0.29, 0.717) is 31.4 Å². The first-order valence-electron chi connectivity index (χ1n) is 12.0. The summed E-state index contributed by atoms with van der Waals surface area (Å²) in [7, 11) is 0. The van der Waals surface area contributed by atoms with Gasteiger partial charge in [-0.25, -0.2) is 0 Å². The third-order valence-corrected chi connectivity index (χ3v) is 9.30. The number of aromatic nitrogens is 1. The number of hydrogen-bond donors (Lipinski definition) is 0. The number of ether oxygens (including phenoxy) is 1. The molecule has 0 aliphatic heterocycles. The van der Waals surface area contributed by atoms with Crippen molar-refractivity contribution in [2.24, 2.45) is 22.7 Å². The smallest absolute Gasteiger partial charge is 0.306 e. The number of Topliss-reactive ketones (excluding diaryl/α,β-unsaturated/α-hetero) is 1. The van der Waals surface area contributed by atoms with Crippen LogP contribution in [0.3, 0.4) is 0 Å². The average molecular weight is 453 g/mol. The largest absolute Gasteiger partial charge is 0.465 e. The van der Waals surface area contributed by atoms with Gasteiger partial charge in [0.05, 0.1) is 17.9 Å². The second-order valence-electron chi connectivity index (χ2n) is 11.1. The summed E-state index contributed by atoms with van der Waals surface area (Å²) in [6, 6.07) is 9.41. The minimum absolute atomic E-state index is 0.0168. The molecule has 1 heterocycles. The van der Waals surface area contributed by atoms with Crippen molar-refractivity contribution in [1.29, 1.82) is 0 Å². The molecule has 4 saturated carbocycles. The molecule has 5 heteroatoms. The molecule has 0 spiro atoms. The van der Waals surface area contributed by atoms with E-state index >= 15 is 0 Å². The Kier molecular flexibility index (Phi) is 5.73. The molecule has 2 aromatic rings. The Balaban J connectivity index is 1.13. The van der Waals surface area contributed by atoms with Crippen LogP contribution in [0.5, 0.6) is 0 Å². The van der Waals surface area contributed by atoms with Crippen LogP contribution in [-0.4, -0.2) is 18.4 Å². The summed E-state index contributed by atoms with van der Waals surface area (Å²) in [6.07, 6.45) is 9.10. The van der Waals surface area contributed by atoms with Crippen LogP contribution in [0.15, 0.2) is 35.8 Å². The van der Waals surface area contributed by atoms with E-state index < -0.39 is 0 Å². The number of benzene rings is 1. The molecule has 6 rings (SSSR count). The molecule has 0 saturated heterocycles. The molecular formula is C27H34NO3S+. The molecule has 0 N–H and O–H groups in total. The lowest BCUT2D eigenvalue weighted by molar-refractivity contribution is -0.684. The van der Waals surface area contributed by atoms with Crippen LogP contribution in [-0.2, 0) is 22.5 Å². The number of ketones is 1. The fraction of sp³-hybridized carbons (Fsp3) is 0.593. The van der Waals surface area contributed by atoms with E-state index in [4.69, 9.17) is 4.74 Å². The van der Waals surface area contributed by atoms with Gasteiger partial charge in [-0.15, -0.1) is 0 Å². The van der Waals surface area contributed by atoms with Gasteiger partial charge in [0.2, 0.25) is 17.8 Å². The first-order valence-corrected chi connectivity index (χ1v) is 12.9. The highest BCUT2D eigenvalue weighted by Gasteiger charge is 2.56. The molecule has 0 radical (unpaired) electrons. The Labute approximate surface area is 195 Å². The number of nitrogens with zero attached hydrogens (tertiary/aromatic N) is 1. The van der Waals surface area contributed by atoms with Crippen LogP contribution in [0.4, 0.5) is 0 Å². The first-order chi connectivity index (χ1) is 15.3. The van der Waals surface area contributed by atoms with Crippen molar-refractivity contribution in [3.05, 3.63) is 52.0 Å². The van der Waals surface area contributed by atoms with Crippen LogP contribution in [0.25, 0.3) is 0 Å². The van der Waals surface area contributed by atoms with Crippen LogP contribution in [0.2, 0.25) is 0 Å². The van der Waals surface area contributed by atoms with E-state index in [1.54, 1.807) is 11.3 Å². The zero-order valence-electron chi connectivity index (χ0n) is 19.3. The molecule has 4 bridgehead atoms. The first kappa shape index (κ1) is 21.8. The summed E-state index contributed by atoms with van der Waals surface area (Å²) < 4.78 is 7.73. The van der Waals surface area contributed by atoms with Gasteiger partial charge in [0, 0.05) is 18.9 Å². The molecule has 0 amide bonds. The Bertz CT molecular complexity index is 997. The fourth-order valence-electron chi connectivity index (χ4n) is 7.47. The third kappa shape index (κ3) is 4.41. The molecule has 4 nitrogen and oxygen atoms in total. The monoisotopic (exact) mass is 452 g/mol. The number of thiazole rings is 1. The van der Waals surface area contributed by atoms with Gasteiger partial charge in [-0.3, -0.25) is 9.59 Å². The molecule has 170 valence electrons. The molecule has 1 aromatic carbocycles. The lowest BCUT2D eigenvalue weighted by Crippen LogP contribution is -2.51. The Morgan fingerprint density at radius 3 is 2.53 bits per heavy atom. The summed E-state index contributed by atoms with van der Waals surface area (Å²) in [4.78, 5) is 26.4. The molecule has 4 aliphatic rings. The topological polar surface area (TPSA) is 47.2 Å². The van der Waals surface area contributed by atoms with Crippen molar-refractivity contribution < 1.29 is 18.9 Å². The quantitative estimate of drug-likeness (QED) is 0.310. The minimum atomic E-state index is -0.0168. The van der Waals surface area contributed by atoms with Gasteiger partial charge in [-0.1, -0.05) is 48.6 Å². The van der Waals surface area contributed by atoms with E-state index in [2.05, 4.69) is 6.92 Å². The molecular weight excluding hydrogens is 418 g/mol. The Morgan fingerprint density at radius 1 is 1.12 bits per heavy atom. The van der Waals surface area contributed by atoms with E-state index in [1.807, 2.05) is 47.3 Å². The van der Waals surface area contributed by atoms with Crippen LogP contribution in [0, 0.1) is 29.6 Å². The fourth-order valence-corrected chi connectivity index (χ4v) is 8.44. The molecule has 1 aromatic heterocycles. The Hall–Kier alpha value is -2.01. The summed E-state index contributed by atoms with van der Waals surface area (Å²) in [5, 5.41) is 0. The zero-order chi connectivity index (χ0) is 22.3. The molecule has 32 heavy (non-hydrogen) atoms. The van der Waals surface area contributed by atoms with Crippen molar-refractivity contribution in [2.45, 2.75) is 71.8 Å². The molecule has 4 aliphatic carbocycles. The Morgan fingerprint density at radius 2 is 1.84 bits per heavy atom. The van der Waals surface area contributed by atoms with Gasteiger partial charge in [0.1, 0.15) is 0 Å². The summed E-state index contributed by atoms with van der Waals surface area (Å²) in [6.45, 7) is 5.26. The molecule has 2 unspecified atom stereocenters. The predicted octanol–water partition coefficient (Wildman–Crippen LogP) is 5.31. The van der Waals surface area contributed by atoms with E-state index in [1.165, 1.54) is 43.4 Å². The maximum absolute atomic E-state index is 12.7. The van der Waals surface area contributed by atoms with Gasteiger partial charge in [0.25, 0.3) is 0 Å². The highest BCUT2D eigenvalue weighted by atomic mass is 32.1. The molecule has 4 fully saturated rings. The van der Waals surface area contributed by atoms with E-state index in [0.717, 1.165) is 23.1 Å². The van der Waals surface area contributed by atoms with Crippen molar-refractivity contribution in [3.8, 4) is 0 Å². The van der Waals surface area contributed by atoms with Crippen LogP contribution >= 0.6 is 11.3 Å². The second-order valence-corrected chi connectivity index (χ2v) is 12.0. The van der Waals surface area contributed by atoms with Gasteiger partial charge >= 0.3 is 5.97 Å². The maximum Gasteiger partial charge on any atom is 0.306 e. The lowest BCUT2D eigenvalue weighted by Gasteiger charge is -2.61. The number of hydrogen-bond acceptors (Lipinski definition) is 4. The maximum atomic E-state index is 12.7. The molecule has 4 atom stereocenters. The van der Waals surface area contributed by atoms with Gasteiger partial charge < -0.3 is 4.74 Å². The highest BCUT2D eigenvalue weighted by molar-refractivity contribution is 7.09. The second kappa shape index (κ2) is 8.40. The van der Waals surface area contributed by atoms with Gasteiger partial charge in [-0.2, -0.15) is 4.57 Å². The van der Waals surface area contributed by atoms with Crippen molar-refractivity contribution in [3.63, 3.8) is 0 Å². The SMILES string of the molecule is Cc1c(CCOC(=O)CC23C[C@@H]4C[C@@H](CC(C)(C4)C2)C3)sc[n+]1CC(=O)c1ccccc1. The van der Waals surface area contributed by atoms with Crippen molar-refractivity contribution >= 4 is 23.1 Å². The number of carbonyl (C=O) groups excluding carboxylic acids is 2. The number of esters is 1. The highest BCUT2D eigenvalue weighted by Crippen LogP contribution is 2.66. The van der Waals surface area contributed by atoms with Crippen LogP contribution < -0.4 is 4.57 Å². The average Bonchev–Trinajstić information content (AvgIpc) is 3.06. The summed E-state index contributed by atoms with van der Waals surface area (Å²) in [5.41, 5.74) is 4.49. The minimum Gasteiger partial charge on any atom is -0.465 e. The third-order valence-electron chi connectivity index (χ3n) is 8.15. The number of carbonyl (C=O) groups is 2. The number of rotatable bonds is 8.